The van der Waals surface area contributed by atoms with Gasteiger partial charge in [-0.3, -0.25) is 0 Å². The van der Waals surface area contributed by atoms with Crippen molar-refractivity contribution in [2.45, 2.75) is 18.7 Å². The van der Waals surface area contributed by atoms with Crippen molar-refractivity contribution in [3.05, 3.63) is 69.7 Å². The van der Waals surface area contributed by atoms with Crippen LogP contribution in [-0.2, 0) is 0 Å². The third-order valence-electron chi connectivity index (χ3n) is 2.80. The van der Waals surface area contributed by atoms with Crippen molar-refractivity contribution in [3.8, 4) is 0 Å². The largest absolute Gasteiger partial charge is 0.0840 e. The van der Waals surface area contributed by atoms with Gasteiger partial charge in [-0.25, -0.2) is 0 Å². The van der Waals surface area contributed by atoms with E-state index in [0.29, 0.717) is 0 Å². The Balaban J connectivity index is 2.36. The summed E-state index contributed by atoms with van der Waals surface area (Å²) < 4.78 is 0. The van der Waals surface area contributed by atoms with Gasteiger partial charge in [0.1, 0.15) is 0 Å². The molecule has 0 saturated carbocycles. The van der Waals surface area contributed by atoms with Crippen molar-refractivity contribution in [2.24, 2.45) is 0 Å². The number of rotatable bonds is 2. The van der Waals surface area contributed by atoms with Crippen LogP contribution in [0.4, 0.5) is 0 Å². The van der Waals surface area contributed by atoms with E-state index in [4.69, 9.17) is 11.6 Å². The maximum atomic E-state index is 6.28. The van der Waals surface area contributed by atoms with E-state index in [1.807, 2.05) is 13.0 Å². The van der Waals surface area contributed by atoms with Gasteiger partial charge in [0.25, 0.3) is 0 Å². The van der Waals surface area contributed by atoms with Crippen molar-refractivity contribution in [3.63, 3.8) is 0 Å². The van der Waals surface area contributed by atoms with Crippen LogP contribution >= 0.6 is 27.5 Å². The molecule has 88 valence electrons. The first-order valence-electron chi connectivity index (χ1n) is 5.54. The molecule has 17 heavy (non-hydrogen) atoms. The third-order valence-corrected chi connectivity index (χ3v) is 4.15. The topological polar surface area (TPSA) is 0 Å². The SMILES string of the molecule is Cc1ccc(C(Br)c2ccc(C)cc2Cl)cc1. The van der Waals surface area contributed by atoms with Crippen LogP contribution in [0.15, 0.2) is 42.5 Å². The first kappa shape index (κ1) is 12.7. The lowest BCUT2D eigenvalue weighted by atomic mass is 10.0. The van der Waals surface area contributed by atoms with Crippen molar-refractivity contribution in [1.29, 1.82) is 0 Å². The highest BCUT2D eigenvalue weighted by atomic mass is 79.9. The Morgan fingerprint density at radius 1 is 0.941 bits per heavy atom. The lowest BCUT2D eigenvalue weighted by molar-refractivity contribution is 1.17. The average molecular weight is 310 g/mol. The molecule has 0 N–H and O–H groups in total. The molecular weight excluding hydrogens is 296 g/mol. The van der Waals surface area contributed by atoms with Gasteiger partial charge in [0.2, 0.25) is 0 Å². The predicted molar refractivity (Wildman–Crippen MR) is 78.1 cm³/mol. The van der Waals surface area contributed by atoms with E-state index in [0.717, 1.165) is 10.6 Å². The number of benzene rings is 2. The predicted octanol–water partition coefficient (Wildman–Crippen LogP) is 5.44. The Morgan fingerprint density at radius 3 is 2.12 bits per heavy atom. The Labute approximate surface area is 116 Å². The molecule has 0 aromatic heterocycles. The van der Waals surface area contributed by atoms with Crippen LogP contribution in [0.3, 0.4) is 0 Å². The molecule has 0 bridgehead atoms. The number of hydrogen-bond donors (Lipinski definition) is 0. The maximum absolute atomic E-state index is 6.28. The molecule has 2 aromatic carbocycles. The second kappa shape index (κ2) is 5.24. The van der Waals surface area contributed by atoms with Gasteiger partial charge in [0.15, 0.2) is 0 Å². The van der Waals surface area contributed by atoms with Crippen LogP contribution in [0.1, 0.15) is 27.1 Å². The Kier molecular flexibility index (Phi) is 3.90. The molecule has 2 heteroatoms. The summed E-state index contributed by atoms with van der Waals surface area (Å²) in [5, 5.41) is 0.812. The Morgan fingerprint density at radius 2 is 1.53 bits per heavy atom. The Bertz CT molecular complexity index is 517. The molecule has 1 unspecified atom stereocenters. The summed E-state index contributed by atoms with van der Waals surface area (Å²) in [6, 6.07) is 14.7. The molecule has 2 rings (SSSR count). The first-order valence-corrected chi connectivity index (χ1v) is 6.84. The highest BCUT2D eigenvalue weighted by Gasteiger charge is 2.13. The van der Waals surface area contributed by atoms with Gasteiger partial charge >= 0.3 is 0 Å². The smallest absolute Gasteiger partial charge is 0.0659 e. The fourth-order valence-corrected chi connectivity index (χ4v) is 2.93. The normalized spacial score (nSPS) is 12.5. The minimum Gasteiger partial charge on any atom is -0.0840 e. The molecule has 0 heterocycles. The second-order valence-electron chi connectivity index (χ2n) is 4.30. The molecular formula is C15H14BrCl. The number of aryl methyl sites for hydroxylation is 2. The molecule has 0 saturated heterocycles. The monoisotopic (exact) mass is 308 g/mol. The van der Waals surface area contributed by atoms with Crippen LogP contribution in [-0.4, -0.2) is 0 Å². The highest BCUT2D eigenvalue weighted by molar-refractivity contribution is 9.09. The molecule has 0 radical (unpaired) electrons. The minimum absolute atomic E-state index is 0.149. The molecule has 0 nitrogen and oxygen atoms in total. The summed E-state index contributed by atoms with van der Waals surface area (Å²) in [6.07, 6.45) is 0. The van der Waals surface area contributed by atoms with Crippen molar-refractivity contribution in [2.75, 3.05) is 0 Å². The lowest BCUT2D eigenvalue weighted by Crippen LogP contribution is -1.94. The van der Waals surface area contributed by atoms with E-state index in [1.54, 1.807) is 0 Å². The maximum Gasteiger partial charge on any atom is 0.0659 e. The zero-order chi connectivity index (χ0) is 12.4. The number of alkyl halides is 1. The van der Waals surface area contributed by atoms with Gasteiger partial charge in [0, 0.05) is 5.02 Å². The second-order valence-corrected chi connectivity index (χ2v) is 5.62. The quantitative estimate of drug-likeness (QED) is 0.648. The molecule has 0 spiro atoms. The highest BCUT2D eigenvalue weighted by Crippen LogP contribution is 2.35. The number of hydrogen-bond acceptors (Lipinski definition) is 0. The van der Waals surface area contributed by atoms with Crippen molar-refractivity contribution >= 4 is 27.5 Å². The summed E-state index contributed by atoms with van der Waals surface area (Å²) in [7, 11) is 0. The van der Waals surface area contributed by atoms with Gasteiger partial charge in [-0.15, -0.1) is 0 Å². The lowest BCUT2D eigenvalue weighted by Gasteiger charge is -2.13. The summed E-state index contributed by atoms with van der Waals surface area (Å²) in [6.45, 7) is 4.14. The van der Waals surface area contributed by atoms with Gasteiger partial charge < -0.3 is 0 Å². The summed E-state index contributed by atoms with van der Waals surface area (Å²) in [5.41, 5.74) is 4.79. The molecule has 0 aliphatic heterocycles. The summed E-state index contributed by atoms with van der Waals surface area (Å²) in [5.74, 6) is 0. The van der Waals surface area contributed by atoms with E-state index in [1.165, 1.54) is 16.7 Å². The van der Waals surface area contributed by atoms with Crippen LogP contribution in [0.5, 0.6) is 0 Å². The van der Waals surface area contributed by atoms with Gasteiger partial charge in [-0.05, 0) is 36.6 Å². The standard InChI is InChI=1S/C15H14BrCl/c1-10-3-6-12(7-4-10)15(16)13-8-5-11(2)9-14(13)17/h3-9,15H,1-2H3. The molecule has 0 fully saturated rings. The third kappa shape index (κ3) is 2.91. The zero-order valence-corrected chi connectivity index (χ0v) is 12.2. The minimum atomic E-state index is 0.149. The van der Waals surface area contributed by atoms with Crippen LogP contribution in [0.25, 0.3) is 0 Å². The van der Waals surface area contributed by atoms with E-state index in [2.05, 4.69) is 59.3 Å². The molecule has 2 aromatic rings. The molecule has 0 aliphatic carbocycles. The number of halogens is 2. The molecule has 0 amide bonds. The van der Waals surface area contributed by atoms with Gasteiger partial charge in [-0.2, -0.15) is 0 Å². The Hall–Kier alpha value is -0.790. The average Bonchev–Trinajstić information content (AvgIpc) is 2.29. The summed E-state index contributed by atoms with van der Waals surface area (Å²) >= 11 is 9.99. The van der Waals surface area contributed by atoms with Crippen molar-refractivity contribution < 1.29 is 0 Å². The van der Waals surface area contributed by atoms with Crippen LogP contribution < -0.4 is 0 Å². The van der Waals surface area contributed by atoms with E-state index in [-0.39, 0.29) is 4.83 Å². The van der Waals surface area contributed by atoms with E-state index in [9.17, 15) is 0 Å². The molecule has 1 atom stereocenters. The van der Waals surface area contributed by atoms with Crippen LogP contribution in [0.2, 0.25) is 5.02 Å². The fourth-order valence-electron chi connectivity index (χ4n) is 1.75. The first-order chi connectivity index (χ1) is 8.08. The fraction of sp³-hybridized carbons (Fsp3) is 0.200. The van der Waals surface area contributed by atoms with Crippen LogP contribution in [0, 0.1) is 13.8 Å². The summed E-state index contributed by atoms with van der Waals surface area (Å²) in [4.78, 5) is 0.149. The van der Waals surface area contributed by atoms with Crippen molar-refractivity contribution in [1.82, 2.24) is 0 Å². The van der Waals surface area contributed by atoms with Gasteiger partial charge in [-0.1, -0.05) is 69.5 Å². The zero-order valence-electron chi connectivity index (χ0n) is 9.87. The van der Waals surface area contributed by atoms with E-state index < -0.39 is 0 Å². The van der Waals surface area contributed by atoms with Gasteiger partial charge in [0.05, 0.1) is 4.83 Å². The molecule has 0 aliphatic rings. The van der Waals surface area contributed by atoms with E-state index >= 15 is 0 Å².